The van der Waals surface area contributed by atoms with Gasteiger partial charge in [0.05, 0.1) is 0 Å². The van der Waals surface area contributed by atoms with Gasteiger partial charge < -0.3 is 15.6 Å². The summed E-state index contributed by atoms with van der Waals surface area (Å²) in [6, 6.07) is 18.9. The van der Waals surface area contributed by atoms with E-state index in [2.05, 4.69) is 0 Å². The molecule has 1 heterocycles. The average Bonchev–Trinajstić information content (AvgIpc) is 3.32. The smallest absolute Gasteiger partial charge is 0.321 e. The molecule has 2 atom stereocenters. The second kappa shape index (κ2) is 8.19. The van der Waals surface area contributed by atoms with Crippen molar-refractivity contribution in [3.05, 3.63) is 82.0 Å². The van der Waals surface area contributed by atoms with Crippen molar-refractivity contribution in [2.75, 3.05) is 6.61 Å². The average molecular weight is 407 g/mol. The number of aliphatic carboxylic acids is 1. The van der Waals surface area contributed by atoms with Gasteiger partial charge in [-0.3, -0.25) is 9.59 Å². The van der Waals surface area contributed by atoms with Crippen molar-refractivity contribution in [1.82, 2.24) is 0 Å². The fourth-order valence-corrected chi connectivity index (χ4v) is 4.71. The Morgan fingerprint density at radius 1 is 1.00 bits per heavy atom. The summed E-state index contributed by atoms with van der Waals surface area (Å²) >= 11 is 1.49. The molecule has 0 radical (unpaired) electrons. The van der Waals surface area contributed by atoms with Crippen LogP contribution in [0.1, 0.15) is 21.9 Å². The van der Waals surface area contributed by atoms with Crippen LogP contribution in [0.25, 0.3) is 11.1 Å². The number of nitrogens with two attached hydrogens (primary N) is 1. The van der Waals surface area contributed by atoms with Gasteiger partial charge in [0.2, 0.25) is 0 Å². The number of ether oxygens (including phenoxy) is 1. The summed E-state index contributed by atoms with van der Waals surface area (Å²) in [5, 5.41) is 11.5. The van der Waals surface area contributed by atoms with E-state index >= 15 is 0 Å². The lowest BCUT2D eigenvalue weighted by molar-refractivity contribution is -0.159. The van der Waals surface area contributed by atoms with E-state index in [0.717, 1.165) is 27.1 Å². The Balaban J connectivity index is 1.50. The minimum atomic E-state index is -1.40. The maximum absolute atomic E-state index is 12.7. The van der Waals surface area contributed by atoms with Gasteiger partial charge in [0.25, 0.3) is 0 Å². The molecular formula is C23H21NO4S. The van der Waals surface area contributed by atoms with E-state index in [1.165, 1.54) is 11.3 Å². The quantitative estimate of drug-likeness (QED) is 0.461. The van der Waals surface area contributed by atoms with Crippen LogP contribution in [0, 0.1) is 5.92 Å². The molecule has 0 spiro atoms. The topological polar surface area (TPSA) is 89.6 Å². The van der Waals surface area contributed by atoms with Crippen LogP contribution in [-0.2, 0) is 20.7 Å². The Morgan fingerprint density at radius 3 is 2.17 bits per heavy atom. The van der Waals surface area contributed by atoms with E-state index < -0.39 is 23.9 Å². The fraction of sp³-hybridized carbons (Fsp3) is 0.217. The molecule has 6 heteroatoms. The SMILES string of the molecule is N[C@H](Cc1cccs1)[C@@H](C(=O)O)C(=O)OCC1c2ccccc2-c2ccccc21. The number of carboxylic acid groups (broad SMARTS) is 1. The molecule has 29 heavy (non-hydrogen) atoms. The predicted molar refractivity (Wildman–Crippen MR) is 112 cm³/mol. The van der Waals surface area contributed by atoms with E-state index in [9.17, 15) is 14.7 Å². The van der Waals surface area contributed by atoms with E-state index in [1.54, 1.807) is 0 Å². The third-order valence-corrected chi connectivity index (χ3v) is 6.22. The summed E-state index contributed by atoms with van der Waals surface area (Å²) in [6.45, 7) is 0.0857. The van der Waals surface area contributed by atoms with E-state index in [4.69, 9.17) is 10.5 Å². The first-order chi connectivity index (χ1) is 14.1. The molecule has 2 aromatic carbocycles. The molecule has 0 amide bonds. The lowest BCUT2D eigenvalue weighted by atomic mass is 9.96. The largest absolute Gasteiger partial charge is 0.481 e. The van der Waals surface area contributed by atoms with Crippen molar-refractivity contribution >= 4 is 23.3 Å². The molecule has 5 nitrogen and oxygen atoms in total. The van der Waals surface area contributed by atoms with Crippen LogP contribution >= 0.6 is 11.3 Å². The highest BCUT2D eigenvalue weighted by Crippen LogP contribution is 2.44. The molecule has 3 N–H and O–H groups in total. The number of esters is 1. The van der Waals surface area contributed by atoms with Crippen LogP contribution in [0.15, 0.2) is 66.0 Å². The van der Waals surface area contributed by atoms with Crippen LogP contribution in [0.3, 0.4) is 0 Å². The van der Waals surface area contributed by atoms with Gasteiger partial charge in [-0.1, -0.05) is 54.6 Å². The molecule has 3 aromatic rings. The van der Waals surface area contributed by atoms with Crippen LogP contribution < -0.4 is 5.73 Å². The van der Waals surface area contributed by atoms with Crippen LogP contribution in [-0.4, -0.2) is 29.7 Å². The Bertz CT molecular complexity index is 985. The van der Waals surface area contributed by atoms with Gasteiger partial charge in [-0.05, 0) is 40.1 Å². The van der Waals surface area contributed by atoms with Crippen molar-refractivity contribution < 1.29 is 19.4 Å². The monoisotopic (exact) mass is 407 g/mol. The second-order valence-corrected chi connectivity index (χ2v) is 8.15. The second-order valence-electron chi connectivity index (χ2n) is 7.12. The standard InChI is InChI=1S/C23H21NO4S/c24-20(12-14-6-5-11-29-14)21(22(25)26)23(27)28-13-19-17-9-3-1-7-15(17)16-8-2-4-10-18(16)19/h1-11,19-21H,12-13,24H2,(H,25,26)/t20-,21+/m1/s1. The number of hydrogen-bond acceptors (Lipinski definition) is 5. The molecule has 1 aliphatic carbocycles. The first-order valence-electron chi connectivity index (χ1n) is 9.42. The van der Waals surface area contributed by atoms with E-state index in [0.29, 0.717) is 6.42 Å². The van der Waals surface area contributed by atoms with Crippen LogP contribution in [0.2, 0.25) is 0 Å². The van der Waals surface area contributed by atoms with Crippen molar-refractivity contribution in [3.8, 4) is 11.1 Å². The molecule has 1 aromatic heterocycles. The Kier molecular flexibility index (Phi) is 5.47. The number of fused-ring (bicyclic) bond motifs is 3. The molecule has 1 aliphatic rings. The van der Waals surface area contributed by atoms with Crippen LogP contribution in [0.5, 0.6) is 0 Å². The molecular weight excluding hydrogens is 386 g/mol. The van der Waals surface area contributed by atoms with Gasteiger partial charge in [0, 0.05) is 16.8 Å². The van der Waals surface area contributed by atoms with Gasteiger partial charge in [0.1, 0.15) is 6.61 Å². The Labute approximate surface area is 172 Å². The van der Waals surface area contributed by atoms with Gasteiger partial charge >= 0.3 is 11.9 Å². The zero-order valence-electron chi connectivity index (χ0n) is 15.7. The summed E-state index contributed by atoms with van der Waals surface area (Å²) in [5.41, 5.74) is 10.5. The van der Waals surface area contributed by atoms with Crippen molar-refractivity contribution in [2.45, 2.75) is 18.4 Å². The highest BCUT2D eigenvalue weighted by molar-refractivity contribution is 7.09. The summed E-state index contributed by atoms with van der Waals surface area (Å²) in [7, 11) is 0. The molecule has 0 saturated heterocycles. The number of carbonyl (C=O) groups excluding carboxylic acids is 1. The third-order valence-electron chi connectivity index (χ3n) is 5.32. The molecule has 148 valence electrons. The summed E-state index contributed by atoms with van der Waals surface area (Å²) in [5.74, 6) is -3.56. The van der Waals surface area contributed by atoms with Crippen molar-refractivity contribution in [3.63, 3.8) is 0 Å². The van der Waals surface area contributed by atoms with Gasteiger partial charge in [-0.15, -0.1) is 11.3 Å². The summed E-state index contributed by atoms with van der Waals surface area (Å²) in [4.78, 5) is 25.3. The normalized spacial score (nSPS) is 14.7. The minimum Gasteiger partial charge on any atom is -0.481 e. The first kappa shape index (κ1) is 19.4. The predicted octanol–water partition coefficient (Wildman–Crippen LogP) is 3.67. The summed E-state index contributed by atoms with van der Waals surface area (Å²) < 4.78 is 5.51. The molecule has 0 saturated carbocycles. The maximum atomic E-state index is 12.7. The maximum Gasteiger partial charge on any atom is 0.321 e. The molecule has 0 bridgehead atoms. The molecule has 4 rings (SSSR count). The Hall–Kier alpha value is -2.96. The highest BCUT2D eigenvalue weighted by Gasteiger charge is 2.36. The number of carbonyl (C=O) groups is 2. The summed E-state index contributed by atoms with van der Waals surface area (Å²) in [6.07, 6.45) is 0.318. The lowest BCUT2D eigenvalue weighted by Gasteiger charge is -2.20. The lowest BCUT2D eigenvalue weighted by Crippen LogP contribution is -2.43. The van der Waals surface area contributed by atoms with Gasteiger partial charge in [-0.2, -0.15) is 0 Å². The zero-order chi connectivity index (χ0) is 20.4. The first-order valence-corrected chi connectivity index (χ1v) is 10.3. The van der Waals surface area contributed by atoms with E-state index in [-0.39, 0.29) is 12.5 Å². The number of rotatable bonds is 7. The van der Waals surface area contributed by atoms with Crippen molar-refractivity contribution in [1.29, 1.82) is 0 Å². The number of carboxylic acids is 1. The van der Waals surface area contributed by atoms with E-state index in [1.807, 2.05) is 66.0 Å². The highest BCUT2D eigenvalue weighted by atomic mass is 32.1. The number of thiophene rings is 1. The van der Waals surface area contributed by atoms with Crippen molar-refractivity contribution in [2.24, 2.45) is 11.7 Å². The zero-order valence-corrected chi connectivity index (χ0v) is 16.5. The number of hydrogen-bond donors (Lipinski definition) is 2. The van der Waals surface area contributed by atoms with Gasteiger partial charge in [-0.25, -0.2) is 0 Å². The van der Waals surface area contributed by atoms with Gasteiger partial charge in [0.15, 0.2) is 5.92 Å². The number of benzene rings is 2. The fourth-order valence-electron chi connectivity index (χ4n) is 3.93. The molecule has 0 fully saturated rings. The Morgan fingerprint density at radius 2 is 1.62 bits per heavy atom. The molecule has 0 aliphatic heterocycles. The molecule has 0 unspecified atom stereocenters. The minimum absolute atomic E-state index is 0.0857. The van der Waals surface area contributed by atoms with Crippen LogP contribution in [0.4, 0.5) is 0 Å². The third kappa shape index (κ3) is 3.81.